The molecule has 108 valence electrons. The first kappa shape index (κ1) is 14.4. The lowest BCUT2D eigenvalue weighted by atomic mass is 10.3. The summed E-state index contributed by atoms with van der Waals surface area (Å²) < 4.78 is 1.88. The monoisotopic (exact) mass is 452 g/mol. The number of hydrogen-bond donors (Lipinski definition) is 0. The van der Waals surface area contributed by atoms with Crippen LogP contribution in [0.4, 0.5) is 0 Å². The molecule has 0 N–H and O–H groups in total. The first-order chi connectivity index (χ1) is 10.7. The Labute approximate surface area is 150 Å². The van der Waals surface area contributed by atoms with Crippen molar-refractivity contribution in [3.8, 4) is 21.1 Å². The van der Waals surface area contributed by atoms with Gasteiger partial charge in [0, 0.05) is 44.9 Å². The highest BCUT2D eigenvalue weighted by Gasteiger charge is 2.15. The maximum Gasteiger partial charge on any atom is 0.155 e. The van der Waals surface area contributed by atoms with Crippen molar-refractivity contribution in [2.24, 2.45) is 0 Å². The van der Waals surface area contributed by atoms with Crippen LogP contribution in [0.3, 0.4) is 0 Å². The number of fused-ring (bicyclic) bond motifs is 1. The van der Waals surface area contributed by atoms with Crippen LogP contribution in [0.1, 0.15) is 0 Å². The molecule has 0 bridgehead atoms. The average Bonchev–Trinajstić information content (AvgIpc) is 3.06. The van der Waals surface area contributed by atoms with Gasteiger partial charge in [-0.2, -0.15) is 0 Å². The summed E-state index contributed by atoms with van der Waals surface area (Å²) in [6.45, 7) is 0. The highest BCUT2D eigenvalue weighted by atomic mass is 79.9. The van der Waals surface area contributed by atoms with Crippen molar-refractivity contribution >= 4 is 64.2 Å². The SMILES string of the molecule is Brc1cnccc1-c1nc2sc(-c3ccncc3Br)nc2s1. The van der Waals surface area contributed by atoms with E-state index < -0.39 is 0 Å². The van der Waals surface area contributed by atoms with Crippen LogP contribution in [0.15, 0.2) is 45.9 Å². The van der Waals surface area contributed by atoms with Gasteiger partial charge in [0.15, 0.2) is 9.66 Å². The molecule has 0 fully saturated rings. The van der Waals surface area contributed by atoms with Crippen LogP contribution < -0.4 is 0 Å². The smallest absolute Gasteiger partial charge is 0.155 e. The maximum absolute atomic E-state index is 4.71. The van der Waals surface area contributed by atoms with Gasteiger partial charge in [-0.3, -0.25) is 9.97 Å². The molecule has 0 aromatic carbocycles. The zero-order valence-electron chi connectivity index (χ0n) is 10.8. The van der Waals surface area contributed by atoms with Crippen molar-refractivity contribution < 1.29 is 0 Å². The second-order valence-corrected chi connectivity index (χ2v) is 8.02. The summed E-state index contributed by atoms with van der Waals surface area (Å²) in [6, 6.07) is 3.90. The molecule has 4 aromatic rings. The lowest BCUT2D eigenvalue weighted by Gasteiger charge is -1.99. The number of nitrogens with zero attached hydrogens (tertiary/aromatic N) is 4. The molecule has 0 spiro atoms. The lowest BCUT2D eigenvalue weighted by molar-refractivity contribution is 1.30. The quantitative estimate of drug-likeness (QED) is 0.407. The maximum atomic E-state index is 4.71. The van der Waals surface area contributed by atoms with Crippen molar-refractivity contribution in [1.29, 1.82) is 0 Å². The molecule has 8 heteroatoms. The predicted molar refractivity (Wildman–Crippen MR) is 97.2 cm³/mol. The van der Waals surface area contributed by atoms with E-state index in [0.29, 0.717) is 0 Å². The minimum absolute atomic E-state index is 0.938. The summed E-state index contributed by atoms with van der Waals surface area (Å²) >= 11 is 10.2. The van der Waals surface area contributed by atoms with Gasteiger partial charge in [0.05, 0.1) is 0 Å². The van der Waals surface area contributed by atoms with E-state index >= 15 is 0 Å². The summed E-state index contributed by atoms with van der Waals surface area (Å²) in [7, 11) is 0. The van der Waals surface area contributed by atoms with Gasteiger partial charge in [-0.25, -0.2) is 9.97 Å². The number of hydrogen-bond acceptors (Lipinski definition) is 6. The third kappa shape index (κ3) is 2.50. The van der Waals surface area contributed by atoms with E-state index in [1.54, 1.807) is 47.5 Å². The Morgan fingerprint density at radius 3 is 1.59 bits per heavy atom. The van der Waals surface area contributed by atoms with Crippen molar-refractivity contribution in [2.75, 3.05) is 0 Å². The number of pyridine rings is 2. The third-order valence-corrected chi connectivity index (χ3v) is 6.34. The number of rotatable bonds is 2. The molecule has 22 heavy (non-hydrogen) atoms. The summed E-state index contributed by atoms with van der Waals surface area (Å²) in [5.74, 6) is 0. The second kappa shape index (κ2) is 5.77. The highest BCUT2D eigenvalue weighted by molar-refractivity contribution is 9.11. The predicted octanol–water partition coefficient (Wildman–Crippen LogP) is 5.40. The Kier molecular flexibility index (Phi) is 3.77. The molecule has 4 rings (SSSR count). The fraction of sp³-hybridized carbons (Fsp3) is 0. The third-order valence-electron chi connectivity index (χ3n) is 2.98. The summed E-state index contributed by atoms with van der Waals surface area (Å²) in [5, 5.41) is 1.90. The van der Waals surface area contributed by atoms with Crippen LogP contribution in [0, 0.1) is 0 Å². The average molecular weight is 454 g/mol. The van der Waals surface area contributed by atoms with Gasteiger partial charge in [-0.05, 0) is 44.0 Å². The van der Waals surface area contributed by atoms with Crippen LogP contribution in [0.2, 0.25) is 0 Å². The topological polar surface area (TPSA) is 51.6 Å². The first-order valence-electron chi connectivity index (χ1n) is 6.19. The van der Waals surface area contributed by atoms with E-state index in [2.05, 4.69) is 41.8 Å². The van der Waals surface area contributed by atoms with Gasteiger partial charge in [0.25, 0.3) is 0 Å². The van der Waals surface area contributed by atoms with E-state index in [-0.39, 0.29) is 0 Å². The van der Waals surface area contributed by atoms with Gasteiger partial charge >= 0.3 is 0 Å². The van der Waals surface area contributed by atoms with Gasteiger partial charge in [0.2, 0.25) is 0 Å². The minimum Gasteiger partial charge on any atom is -0.264 e. The van der Waals surface area contributed by atoms with Crippen LogP contribution in [0.25, 0.3) is 30.8 Å². The zero-order chi connectivity index (χ0) is 15.1. The molecule has 4 heterocycles. The van der Waals surface area contributed by atoms with Crippen molar-refractivity contribution in [3.05, 3.63) is 45.9 Å². The molecular formula is C14H6Br2N4S2. The molecule has 4 aromatic heterocycles. The van der Waals surface area contributed by atoms with Crippen LogP contribution in [0.5, 0.6) is 0 Å². The van der Waals surface area contributed by atoms with E-state index in [1.807, 2.05) is 12.1 Å². The molecule has 4 nitrogen and oxygen atoms in total. The molecule has 0 aliphatic carbocycles. The van der Waals surface area contributed by atoms with Crippen molar-refractivity contribution in [3.63, 3.8) is 0 Å². The Balaban J connectivity index is 1.81. The zero-order valence-corrected chi connectivity index (χ0v) is 15.6. The Morgan fingerprint density at radius 1 is 0.727 bits per heavy atom. The molecule has 0 aliphatic heterocycles. The van der Waals surface area contributed by atoms with Crippen molar-refractivity contribution in [2.45, 2.75) is 0 Å². The minimum atomic E-state index is 0.938. The number of thiazole rings is 2. The number of aromatic nitrogens is 4. The molecule has 0 saturated carbocycles. The molecule has 0 saturated heterocycles. The molecule has 0 radical (unpaired) electrons. The standard InChI is InChI=1S/C14H6Br2N4S2/c15-9-5-17-3-1-7(9)11-19-13-14(21-11)20-12(22-13)8-2-4-18-6-10(8)16/h1-6H. The van der Waals surface area contributed by atoms with Crippen LogP contribution in [-0.4, -0.2) is 19.9 Å². The van der Waals surface area contributed by atoms with Gasteiger partial charge in [-0.1, -0.05) is 22.7 Å². The summed E-state index contributed by atoms with van der Waals surface area (Å²) in [5.41, 5.74) is 2.08. The van der Waals surface area contributed by atoms with Crippen LogP contribution >= 0.6 is 54.5 Å². The molecule has 0 unspecified atom stereocenters. The number of halogens is 2. The van der Waals surface area contributed by atoms with Gasteiger partial charge in [0.1, 0.15) is 10.0 Å². The summed E-state index contributed by atoms with van der Waals surface area (Å²) in [6.07, 6.45) is 7.08. The molecule has 0 aliphatic rings. The van der Waals surface area contributed by atoms with Gasteiger partial charge < -0.3 is 0 Å². The largest absolute Gasteiger partial charge is 0.264 e. The van der Waals surface area contributed by atoms with Gasteiger partial charge in [-0.15, -0.1) is 0 Å². The fourth-order valence-corrected chi connectivity index (χ4v) is 5.23. The first-order valence-corrected chi connectivity index (χ1v) is 9.41. The fourth-order valence-electron chi connectivity index (χ4n) is 1.97. The molecule has 0 amide bonds. The molecular weight excluding hydrogens is 448 g/mol. The lowest BCUT2D eigenvalue weighted by Crippen LogP contribution is -1.80. The summed E-state index contributed by atoms with van der Waals surface area (Å²) in [4.78, 5) is 19.5. The van der Waals surface area contributed by atoms with Crippen LogP contribution in [-0.2, 0) is 0 Å². The molecule has 0 atom stereocenters. The Bertz CT molecular complexity index is 873. The Morgan fingerprint density at radius 2 is 1.18 bits per heavy atom. The van der Waals surface area contributed by atoms with E-state index in [0.717, 1.165) is 39.7 Å². The highest BCUT2D eigenvalue weighted by Crippen LogP contribution is 2.39. The van der Waals surface area contributed by atoms with E-state index in [1.165, 1.54) is 0 Å². The van der Waals surface area contributed by atoms with E-state index in [9.17, 15) is 0 Å². The van der Waals surface area contributed by atoms with E-state index in [4.69, 9.17) is 9.97 Å². The second-order valence-electron chi connectivity index (χ2n) is 4.36. The Hall–Kier alpha value is -1.22. The van der Waals surface area contributed by atoms with Crippen molar-refractivity contribution in [1.82, 2.24) is 19.9 Å². The normalized spacial score (nSPS) is 11.2.